The van der Waals surface area contributed by atoms with Gasteiger partial charge in [-0.2, -0.15) is 0 Å². The molecule has 0 fully saturated rings. The van der Waals surface area contributed by atoms with Gasteiger partial charge in [-0.3, -0.25) is 4.99 Å². The van der Waals surface area contributed by atoms with Crippen molar-refractivity contribution in [2.75, 3.05) is 0 Å². The van der Waals surface area contributed by atoms with Crippen molar-refractivity contribution < 1.29 is 0 Å². The van der Waals surface area contributed by atoms with E-state index in [1.165, 1.54) is 42.4 Å². The number of thiophene rings is 1. The van der Waals surface area contributed by atoms with E-state index in [-0.39, 0.29) is 6.04 Å². The molecule has 21 heavy (non-hydrogen) atoms. The normalized spacial score (nSPS) is 17.9. The maximum atomic E-state index is 4.62. The van der Waals surface area contributed by atoms with Gasteiger partial charge in [0, 0.05) is 26.4 Å². The summed E-state index contributed by atoms with van der Waals surface area (Å²) in [6.07, 6.45) is 4.22. The van der Waals surface area contributed by atoms with Crippen LogP contribution in [0.4, 0.5) is 0 Å². The van der Waals surface area contributed by atoms with Crippen molar-refractivity contribution in [1.29, 1.82) is 0 Å². The standard InChI is InChI=1S/C19H17NS/c1-11-4-5-14-16-9-15(17-6-12(2)10-20-17)13(3)8-19(16)21-18(14)7-11/h4-10,17H,1-3H3. The van der Waals surface area contributed by atoms with Crippen LogP contribution in [0, 0.1) is 13.8 Å². The Morgan fingerprint density at radius 1 is 0.952 bits per heavy atom. The molecule has 0 aliphatic carbocycles. The molecule has 3 aromatic rings. The highest BCUT2D eigenvalue weighted by Crippen LogP contribution is 2.38. The fourth-order valence-electron chi connectivity index (χ4n) is 3.07. The molecule has 2 heteroatoms. The second kappa shape index (κ2) is 4.54. The number of nitrogens with zero attached hydrogens (tertiary/aromatic N) is 1. The summed E-state index contributed by atoms with van der Waals surface area (Å²) in [5.74, 6) is 0. The number of allylic oxidation sites excluding steroid dienone is 1. The summed E-state index contributed by atoms with van der Waals surface area (Å²) < 4.78 is 2.75. The number of hydrogen-bond acceptors (Lipinski definition) is 2. The van der Waals surface area contributed by atoms with E-state index in [2.05, 4.69) is 62.2 Å². The maximum Gasteiger partial charge on any atom is 0.0939 e. The maximum absolute atomic E-state index is 4.62. The van der Waals surface area contributed by atoms with Gasteiger partial charge >= 0.3 is 0 Å². The molecule has 1 nitrogen and oxygen atoms in total. The fourth-order valence-corrected chi connectivity index (χ4v) is 4.35. The van der Waals surface area contributed by atoms with Crippen LogP contribution in [0.5, 0.6) is 0 Å². The van der Waals surface area contributed by atoms with Gasteiger partial charge < -0.3 is 0 Å². The highest BCUT2D eigenvalue weighted by atomic mass is 32.1. The average molecular weight is 291 g/mol. The van der Waals surface area contributed by atoms with E-state index in [1.54, 1.807) is 0 Å². The third-order valence-corrected chi connectivity index (χ3v) is 5.31. The first-order valence-electron chi connectivity index (χ1n) is 7.27. The number of rotatable bonds is 1. The van der Waals surface area contributed by atoms with Gasteiger partial charge in [-0.25, -0.2) is 0 Å². The van der Waals surface area contributed by atoms with Gasteiger partial charge in [0.25, 0.3) is 0 Å². The summed E-state index contributed by atoms with van der Waals surface area (Å²) in [5.41, 5.74) is 5.24. The first-order chi connectivity index (χ1) is 10.1. The monoisotopic (exact) mass is 291 g/mol. The Morgan fingerprint density at radius 3 is 2.52 bits per heavy atom. The van der Waals surface area contributed by atoms with Crippen molar-refractivity contribution in [3.05, 3.63) is 58.7 Å². The molecule has 1 atom stereocenters. The minimum absolute atomic E-state index is 0.190. The van der Waals surface area contributed by atoms with Crippen LogP contribution in [0.3, 0.4) is 0 Å². The van der Waals surface area contributed by atoms with E-state index in [1.807, 2.05) is 17.6 Å². The minimum atomic E-state index is 0.190. The lowest BCUT2D eigenvalue weighted by molar-refractivity contribution is 0.924. The molecule has 0 spiro atoms. The summed E-state index contributed by atoms with van der Waals surface area (Å²) in [6.45, 7) is 6.46. The summed E-state index contributed by atoms with van der Waals surface area (Å²) in [4.78, 5) is 4.62. The molecule has 2 heterocycles. The zero-order valence-corrected chi connectivity index (χ0v) is 13.3. The van der Waals surface area contributed by atoms with Crippen molar-refractivity contribution in [2.24, 2.45) is 4.99 Å². The molecular weight excluding hydrogens is 274 g/mol. The van der Waals surface area contributed by atoms with Gasteiger partial charge in [0.1, 0.15) is 0 Å². The molecule has 1 unspecified atom stereocenters. The Labute approximate surface area is 128 Å². The van der Waals surface area contributed by atoms with Gasteiger partial charge in [0.2, 0.25) is 0 Å². The van der Waals surface area contributed by atoms with Gasteiger partial charge in [0.05, 0.1) is 6.04 Å². The van der Waals surface area contributed by atoms with E-state index in [0.29, 0.717) is 0 Å². The van der Waals surface area contributed by atoms with Crippen molar-refractivity contribution in [3.8, 4) is 0 Å². The fraction of sp³-hybridized carbons (Fsp3) is 0.211. The van der Waals surface area contributed by atoms with Crippen LogP contribution < -0.4 is 0 Å². The summed E-state index contributed by atoms with van der Waals surface area (Å²) >= 11 is 1.89. The molecule has 1 aromatic heterocycles. The average Bonchev–Trinajstić information content (AvgIpc) is 3.00. The highest BCUT2D eigenvalue weighted by molar-refractivity contribution is 7.25. The lowest BCUT2D eigenvalue weighted by atomic mass is 9.98. The van der Waals surface area contributed by atoms with Gasteiger partial charge in [-0.15, -0.1) is 11.3 Å². The first-order valence-corrected chi connectivity index (χ1v) is 8.08. The Hall–Kier alpha value is -1.93. The highest BCUT2D eigenvalue weighted by Gasteiger charge is 2.16. The number of aryl methyl sites for hydroxylation is 2. The van der Waals surface area contributed by atoms with Crippen LogP contribution in [0.1, 0.15) is 29.7 Å². The predicted molar refractivity (Wildman–Crippen MR) is 93.8 cm³/mol. The van der Waals surface area contributed by atoms with Crippen molar-refractivity contribution in [3.63, 3.8) is 0 Å². The molecule has 1 aliphatic rings. The number of fused-ring (bicyclic) bond motifs is 3. The lowest BCUT2D eigenvalue weighted by Gasteiger charge is -2.10. The van der Waals surface area contributed by atoms with Crippen molar-refractivity contribution >= 4 is 37.7 Å². The van der Waals surface area contributed by atoms with Crippen molar-refractivity contribution in [2.45, 2.75) is 26.8 Å². The first kappa shape index (κ1) is 12.8. The molecule has 0 saturated heterocycles. The minimum Gasteiger partial charge on any atom is -0.281 e. The smallest absolute Gasteiger partial charge is 0.0939 e. The van der Waals surface area contributed by atoms with Crippen LogP contribution >= 0.6 is 11.3 Å². The van der Waals surface area contributed by atoms with Crippen LogP contribution in [0.25, 0.3) is 20.2 Å². The van der Waals surface area contributed by atoms with Crippen LogP contribution in [-0.4, -0.2) is 6.21 Å². The molecule has 0 N–H and O–H groups in total. The predicted octanol–water partition coefficient (Wildman–Crippen LogP) is 5.74. The summed E-state index contributed by atoms with van der Waals surface area (Å²) in [6, 6.07) is 11.6. The zero-order valence-electron chi connectivity index (χ0n) is 12.5. The molecule has 0 amide bonds. The largest absolute Gasteiger partial charge is 0.281 e. The number of hydrogen-bond donors (Lipinski definition) is 0. The Morgan fingerprint density at radius 2 is 1.76 bits per heavy atom. The Bertz CT molecular complexity index is 928. The molecule has 2 aromatic carbocycles. The third kappa shape index (κ3) is 2.02. The number of aliphatic imine (C=N–C) groups is 1. The second-order valence-electron chi connectivity index (χ2n) is 5.94. The van der Waals surface area contributed by atoms with Crippen LogP contribution in [0.2, 0.25) is 0 Å². The van der Waals surface area contributed by atoms with E-state index in [0.717, 1.165) is 0 Å². The molecule has 0 radical (unpaired) electrons. The van der Waals surface area contributed by atoms with Gasteiger partial charge in [-0.05, 0) is 61.2 Å². The van der Waals surface area contributed by atoms with E-state index < -0.39 is 0 Å². The van der Waals surface area contributed by atoms with E-state index in [9.17, 15) is 0 Å². The summed E-state index contributed by atoms with van der Waals surface area (Å²) in [5, 5.41) is 2.73. The van der Waals surface area contributed by atoms with E-state index in [4.69, 9.17) is 0 Å². The van der Waals surface area contributed by atoms with Gasteiger partial charge in [0.15, 0.2) is 0 Å². The molecule has 0 bridgehead atoms. The molecular formula is C19H17NS. The second-order valence-corrected chi connectivity index (χ2v) is 7.02. The third-order valence-electron chi connectivity index (χ3n) is 4.19. The van der Waals surface area contributed by atoms with Gasteiger partial charge in [-0.1, -0.05) is 18.2 Å². The lowest BCUT2D eigenvalue weighted by Crippen LogP contribution is -1.92. The molecule has 4 rings (SSSR count). The van der Waals surface area contributed by atoms with Crippen LogP contribution in [0.15, 0.2) is 47.0 Å². The molecule has 104 valence electrons. The number of benzene rings is 2. The van der Waals surface area contributed by atoms with Crippen LogP contribution in [-0.2, 0) is 0 Å². The van der Waals surface area contributed by atoms with E-state index >= 15 is 0 Å². The van der Waals surface area contributed by atoms with Crippen molar-refractivity contribution in [1.82, 2.24) is 0 Å². The molecule has 1 aliphatic heterocycles. The Kier molecular flexibility index (Phi) is 2.76. The SMILES string of the molecule is CC1=CC(c2cc3c(cc2C)sc2cc(C)ccc23)N=C1. The zero-order chi connectivity index (χ0) is 14.6. The quantitative estimate of drug-likeness (QED) is 0.542. The topological polar surface area (TPSA) is 12.4 Å². The summed E-state index contributed by atoms with van der Waals surface area (Å²) in [7, 11) is 0. The Balaban J connectivity index is 1.99. The molecule has 0 saturated carbocycles.